The van der Waals surface area contributed by atoms with Crippen molar-refractivity contribution in [1.82, 2.24) is 4.98 Å². The van der Waals surface area contributed by atoms with Crippen molar-refractivity contribution in [3.05, 3.63) is 51.9 Å². The van der Waals surface area contributed by atoms with E-state index in [-0.39, 0.29) is 17.2 Å². The van der Waals surface area contributed by atoms with Crippen molar-refractivity contribution in [2.75, 3.05) is 0 Å². The summed E-state index contributed by atoms with van der Waals surface area (Å²) in [6, 6.07) is 5.85. The maximum absolute atomic E-state index is 13.6. The fraction of sp³-hybridized carbons (Fsp3) is 0.0769. The molecule has 0 aliphatic heterocycles. The molecule has 0 spiro atoms. The van der Waals surface area contributed by atoms with Crippen LogP contribution < -0.4 is 10.5 Å². The van der Waals surface area contributed by atoms with E-state index in [0.717, 1.165) is 16.1 Å². The van der Waals surface area contributed by atoms with Crippen LogP contribution in [0, 0.1) is 12.7 Å². The summed E-state index contributed by atoms with van der Waals surface area (Å²) in [5, 5.41) is 0. The normalized spacial score (nSPS) is 10.3. The number of carbonyl (C=O) groups excluding carboxylic acids is 1. The molecule has 0 aliphatic rings. The van der Waals surface area contributed by atoms with Crippen molar-refractivity contribution in [3.63, 3.8) is 0 Å². The molecule has 1 aromatic heterocycles. The number of carbonyl (C=O) groups is 1. The van der Waals surface area contributed by atoms with Crippen LogP contribution in [0.2, 0.25) is 0 Å². The number of aromatic nitrogens is 1. The number of aryl methyl sites for hydroxylation is 1. The van der Waals surface area contributed by atoms with Crippen molar-refractivity contribution >= 4 is 21.8 Å². The van der Waals surface area contributed by atoms with Gasteiger partial charge in [0.25, 0.3) is 5.91 Å². The summed E-state index contributed by atoms with van der Waals surface area (Å²) in [5.74, 6) is -1.27. The molecule has 1 amide bonds. The Kier molecular flexibility index (Phi) is 3.80. The zero-order chi connectivity index (χ0) is 14.0. The number of amides is 1. The average molecular weight is 325 g/mol. The Hall–Kier alpha value is -1.95. The lowest BCUT2D eigenvalue weighted by molar-refractivity contribution is 0.0994. The summed E-state index contributed by atoms with van der Waals surface area (Å²) in [4.78, 5) is 15.3. The molecule has 0 unspecified atom stereocenters. The SMILES string of the molecule is Cc1cc(Br)cnc1Oc1cccc(F)c1C(N)=O. The molecule has 2 rings (SSSR count). The van der Waals surface area contributed by atoms with E-state index < -0.39 is 11.7 Å². The Labute approximate surface area is 117 Å². The Morgan fingerprint density at radius 2 is 2.21 bits per heavy atom. The van der Waals surface area contributed by atoms with Gasteiger partial charge in [-0.2, -0.15) is 0 Å². The molecule has 0 aliphatic carbocycles. The standard InChI is InChI=1S/C13H10BrFN2O2/c1-7-5-8(14)6-17-13(7)19-10-4-2-3-9(15)11(10)12(16)18/h2-6H,1H3,(H2,16,18). The fourth-order valence-electron chi connectivity index (χ4n) is 1.57. The van der Waals surface area contributed by atoms with Gasteiger partial charge in [-0.25, -0.2) is 9.37 Å². The van der Waals surface area contributed by atoms with Gasteiger partial charge in [-0.15, -0.1) is 0 Å². The molecular weight excluding hydrogens is 315 g/mol. The lowest BCUT2D eigenvalue weighted by Gasteiger charge is -2.10. The second-order valence-corrected chi connectivity index (χ2v) is 4.77. The molecule has 0 bridgehead atoms. The summed E-state index contributed by atoms with van der Waals surface area (Å²) in [5.41, 5.74) is 5.60. The van der Waals surface area contributed by atoms with Crippen LogP contribution in [-0.4, -0.2) is 10.9 Å². The minimum atomic E-state index is -0.886. The summed E-state index contributed by atoms with van der Waals surface area (Å²) in [6.07, 6.45) is 1.55. The molecule has 19 heavy (non-hydrogen) atoms. The van der Waals surface area contributed by atoms with Gasteiger partial charge in [0, 0.05) is 16.2 Å². The Bertz CT molecular complexity index is 647. The summed E-state index contributed by atoms with van der Waals surface area (Å²) in [6.45, 7) is 1.79. The fourth-order valence-corrected chi connectivity index (χ4v) is 2.01. The molecule has 6 heteroatoms. The lowest BCUT2D eigenvalue weighted by Crippen LogP contribution is -2.14. The van der Waals surface area contributed by atoms with Crippen LogP contribution in [0.4, 0.5) is 4.39 Å². The number of nitrogens with zero attached hydrogens (tertiary/aromatic N) is 1. The van der Waals surface area contributed by atoms with E-state index >= 15 is 0 Å². The van der Waals surface area contributed by atoms with E-state index in [4.69, 9.17) is 10.5 Å². The third-order valence-electron chi connectivity index (χ3n) is 2.43. The van der Waals surface area contributed by atoms with Crippen LogP contribution in [-0.2, 0) is 0 Å². The number of benzene rings is 1. The largest absolute Gasteiger partial charge is 0.438 e. The molecule has 0 saturated carbocycles. The highest BCUT2D eigenvalue weighted by molar-refractivity contribution is 9.10. The highest BCUT2D eigenvalue weighted by Crippen LogP contribution is 2.28. The second kappa shape index (κ2) is 5.36. The van der Waals surface area contributed by atoms with Gasteiger partial charge in [0.05, 0.1) is 0 Å². The molecule has 0 saturated heterocycles. The minimum Gasteiger partial charge on any atom is -0.438 e. The van der Waals surface area contributed by atoms with Crippen molar-refractivity contribution < 1.29 is 13.9 Å². The molecule has 0 radical (unpaired) electrons. The van der Waals surface area contributed by atoms with Crippen LogP contribution in [0.25, 0.3) is 0 Å². The van der Waals surface area contributed by atoms with Crippen LogP contribution >= 0.6 is 15.9 Å². The van der Waals surface area contributed by atoms with Gasteiger partial charge < -0.3 is 10.5 Å². The number of hydrogen-bond donors (Lipinski definition) is 1. The summed E-state index contributed by atoms with van der Waals surface area (Å²) < 4.78 is 19.8. The van der Waals surface area contributed by atoms with Gasteiger partial charge >= 0.3 is 0 Å². The van der Waals surface area contributed by atoms with Crippen LogP contribution in [0.5, 0.6) is 11.6 Å². The van der Waals surface area contributed by atoms with Gasteiger partial charge in [-0.05, 0) is 41.1 Å². The highest BCUT2D eigenvalue weighted by atomic mass is 79.9. The number of ether oxygens (including phenoxy) is 1. The van der Waals surface area contributed by atoms with Crippen LogP contribution in [0.15, 0.2) is 34.9 Å². The number of halogens is 2. The Balaban J connectivity index is 2.44. The number of primary amides is 1. The minimum absolute atomic E-state index is 0.0467. The molecular formula is C13H10BrFN2O2. The first-order valence-corrected chi connectivity index (χ1v) is 6.16. The average Bonchev–Trinajstić information content (AvgIpc) is 2.32. The smallest absolute Gasteiger partial charge is 0.255 e. The maximum Gasteiger partial charge on any atom is 0.255 e. The van der Waals surface area contributed by atoms with Gasteiger partial charge in [0.15, 0.2) is 0 Å². The monoisotopic (exact) mass is 324 g/mol. The topological polar surface area (TPSA) is 65.2 Å². The van der Waals surface area contributed by atoms with Crippen LogP contribution in [0.3, 0.4) is 0 Å². The van der Waals surface area contributed by atoms with E-state index in [2.05, 4.69) is 20.9 Å². The van der Waals surface area contributed by atoms with Gasteiger partial charge in [-0.3, -0.25) is 4.79 Å². The predicted octanol–water partition coefficient (Wildman–Crippen LogP) is 3.18. The van der Waals surface area contributed by atoms with Gasteiger partial charge in [0.2, 0.25) is 5.88 Å². The van der Waals surface area contributed by atoms with E-state index in [1.54, 1.807) is 19.2 Å². The van der Waals surface area contributed by atoms with E-state index in [1.807, 2.05) is 0 Å². The molecule has 1 aromatic carbocycles. The molecule has 2 aromatic rings. The molecule has 0 fully saturated rings. The lowest BCUT2D eigenvalue weighted by atomic mass is 10.2. The zero-order valence-corrected chi connectivity index (χ0v) is 11.6. The summed E-state index contributed by atoms with van der Waals surface area (Å²) >= 11 is 3.28. The predicted molar refractivity (Wildman–Crippen MR) is 71.7 cm³/mol. The van der Waals surface area contributed by atoms with Crippen molar-refractivity contribution in [2.45, 2.75) is 6.92 Å². The van der Waals surface area contributed by atoms with Crippen molar-refractivity contribution in [3.8, 4) is 11.6 Å². The van der Waals surface area contributed by atoms with Crippen molar-refractivity contribution in [2.24, 2.45) is 5.73 Å². The zero-order valence-electron chi connectivity index (χ0n) is 9.98. The van der Waals surface area contributed by atoms with Crippen LogP contribution in [0.1, 0.15) is 15.9 Å². The van der Waals surface area contributed by atoms with E-state index in [9.17, 15) is 9.18 Å². The number of nitrogens with two attached hydrogens (primary N) is 1. The van der Waals surface area contributed by atoms with Gasteiger partial charge in [0.1, 0.15) is 17.1 Å². The van der Waals surface area contributed by atoms with Crippen molar-refractivity contribution in [1.29, 1.82) is 0 Å². The first kappa shape index (κ1) is 13.5. The van der Waals surface area contributed by atoms with E-state index in [0.29, 0.717) is 0 Å². The number of rotatable bonds is 3. The maximum atomic E-state index is 13.6. The Morgan fingerprint density at radius 1 is 1.47 bits per heavy atom. The second-order valence-electron chi connectivity index (χ2n) is 3.85. The first-order chi connectivity index (χ1) is 8.99. The Morgan fingerprint density at radius 3 is 2.84 bits per heavy atom. The summed E-state index contributed by atoms with van der Waals surface area (Å²) in [7, 11) is 0. The third-order valence-corrected chi connectivity index (χ3v) is 2.86. The molecule has 0 atom stereocenters. The molecule has 98 valence electrons. The number of hydrogen-bond acceptors (Lipinski definition) is 3. The molecule has 2 N–H and O–H groups in total. The highest BCUT2D eigenvalue weighted by Gasteiger charge is 2.16. The van der Waals surface area contributed by atoms with E-state index in [1.165, 1.54) is 12.1 Å². The third kappa shape index (κ3) is 2.90. The van der Waals surface area contributed by atoms with Gasteiger partial charge in [-0.1, -0.05) is 6.07 Å². The number of pyridine rings is 1. The molecule has 4 nitrogen and oxygen atoms in total. The first-order valence-electron chi connectivity index (χ1n) is 5.37. The molecule has 1 heterocycles. The quantitative estimate of drug-likeness (QED) is 0.942.